The Morgan fingerprint density at radius 3 is 2.48 bits per heavy atom. The number of anilines is 1. The minimum Gasteiger partial charge on any atom is -0.373 e. The quantitative estimate of drug-likeness (QED) is 0.904. The molecule has 0 aliphatic heterocycles. The fourth-order valence-electron chi connectivity index (χ4n) is 2.67. The SMILES string of the molecule is N#Cc1cc(F)c(NC2CCc3ccc(F)cc32)c(F)c1. The monoisotopic (exact) mass is 288 g/mol. The molecule has 106 valence electrons. The van der Waals surface area contributed by atoms with Crippen LogP contribution < -0.4 is 5.32 Å². The van der Waals surface area contributed by atoms with Crippen molar-refractivity contribution < 1.29 is 13.2 Å². The maximum absolute atomic E-state index is 13.9. The number of nitriles is 1. The Balaban J connectivity index is 1.93. The van der Waals surface area contributed by atoms with Crippen molar-refractivity contribution in [2.24, 2.45) is 0 Å². The zero-order chi connectivity index (χ0) is 15.0. The Hall–Kier alpha value is -2.48. The van der Waals surface area contributed by atoms with Gasteiger partial charge in [-0.25, -0.2) is 13.2 Å². The molecule has 2 aromatic rings. The van der Waals surface area contributed by atoms with Crippen molar-refractivity contribution in [3.8, 4) is 6.07 Å². The van der Waals surface area contributed by atoms with E-state index in [0.29, 0.717) is 6.42 Å². The zero-order valence-electron chi connectivity index (χ0n) is 11.0. The van der Waals surface area contributed by atoms with Crippen LogP contribution in [-0.4, -0.2) is 0 Å². The van der Waals surface area contributed by atoms with Gasteiger partial charge in [0.15, 0.2) is 11.6 Å². The van der Waals surface area contributed by atoms with Crippen LogP contribution in [0, 0.1) is 28.8 Å². The van der Waals surface area contributed by atoms with Gasteiger partial charge < -0.3 is 5.32 Å². The first kappa shape index (κ1) is 13.5. The number of hydrogen-bond donors (Lipinski definition) is 1. The molecular formula is C16H11F3N2. The summed E-state index contributed by atoms with van der Waals surface area (Å²) in [4.78, 5) is 0. The Bertz CT molecular complexity index is 727. The van der Waals surface area contributed by atoms with Crippen molar-refractivity contribution in [2.45, 2.75) is 18.9 Å². The van der Waals surface area contributed by atoms with Gasteiger partial charge in [0.1, 0.15) is 11.5 Å². The fourth-order valence-corrected chi connectivity index (χ4v) is 2.67. The molecule has 0 fully saturated rings. The topological polar surface area (TPSA) is 35.8 Å². The summed E-state index contributed by atoms with van der Waals surface area (Å²) in [5.41, 5.74) is 1.34. The van der Waals surface area contributed by atoms with E-state index < -0.39 is 11.6 Å². The van der Waals surface area contributed by atoms with Crippen LogP contribution in [0.25, 0.3) is 0 Å². The normalized spacial score (nSPS) is 16.4. The van der Waals surface area contributed by atoms with Crippen LogP contribution in [0.1, 0.15) is 29.2 Å². The maximum Gasteiger partial charge on any atom is 0.150 e. The second kappa shape index (κ2) is 5.13. The van der Waals surface area contributed by atoms with E-state index in [1.165, 1.54) is 12.1 Å². The standard InChI is InChI=1S/C16H11F3N2/c17-11-3-1-10-2-4-15(12(10)7-11)21-16-13(18)5-9(8-20)6-14(16)19/h1,3,5-7,15,21H,2,4H2. The average Bonchev–Trinajstić information content (AvgIpc) is 2.84. The van der Waals surface area contributed by atoms with Gasteiger partial charge >= 0.3 is 0 Å². The van der Waals surface area contributed by atoms with Crippen LogP contribution in [0.5, 0.6) is 0 Å². The van der Waals surface area contributed by atoms with E-state index in [2.05, 4.69) is 5.32 Å². The highest BCUT2D eigenvalue weighted by Gasteiger charge is 2.25. The summed E-state index contributed by atoms with van der Waals surface area (Å²) < 4.78 is 41.1. The number of fused-ring (bicyclic) bond motifs is 1. The summed E-state index contributed by atoms with van der Waals surface area (Å²) in [7, 11) is 0. The van der Waals surface area contributed by atoms with Gasteiger partial charge in [0.05, 0.1) is 17.7 Å². The van der Waals surface area contributed by atoms with Crippen LogP contribution in [0.3, 0.4) is 0 Å². The minimum atomic E-state index is -0.823. The fraction of sp³-hybridized carbons (Fsp3) is 0.188. The van der Waals surface area contributed by atoms with Gasteiger partial charge in [-0.1, -0.05) is 6.07 Å². The third-order valence-electron chi connectivity index (χ3n) is 3.68. The first-order valence-corrected chi connectivity index (χ1v) is 6.52. The second-order valence-electron chi connectivity index (χ2n) is 5.01. The Morgan fingerprint density at radius 1 is 1.10 bits per heavy atom. The predicted octanol–water partition coefficient (Wildman–Crippen LogP) is 4.07. The molecule has 1 aliphatic carbocycles. The van der Waals surface area contributed by atoms with Crippen LogP contribution >= 0.6 is 0 Å². The van der Waals surface area contributed by atoms with Crippen molar-refractivity contribution in [1.82, 2.24) is 0 Å². The lowest BCUT2D eigenvalue weighted by atomic mass is 10.1. The summed E-state index contributed by atoms with van der Waals surface area (Å²) >= 11 is 0. The Kier molecular flexibility index (Phi) is 3.30. The summed E-state index contributed by atoms with van der Waals surface area (Å²) in [6, 6.07) is 7.77. The predicted molar refractivity (Wildman–Crippen MR) is 72.2 cm³/mol. The first-order chi connectivity index (χ1) is 10.1. The highest BCUT2D eigenvalue weighted by Crippen LogP contribution is 2.35. The molecule has 0 aromatic heterocycles. The lowest BCUT2D eigenvalue weighted by molar-refractivity contribution is 0.580. The number of aryl methyl sites for hydroxylation is 1. The lowest BCUT2D eigenvalue weighted by Crippen LogP contribution is -2.10. The van der Waals surface area contributed by atoms with Crippen molar-refractivity contribution in [2.75, 3.05) is 5.32 Å². The molecule has 0 spiro atoms. The number of rotatable bonds is 2. The Morgan fingerprint density at radius 2 is 1.81 bits per heavy atom. The summed E-state index contributed by atoms with van der Waals surface area (Å²) in [5, 5.41) is 11.5. The van der Waals surface area contributed by atoms with E-state index in [4.69, 9.17) is 5.26 Å². The minimum absolute atomic E-state index is 0.0755. The molecular weight excluding hydrogens is 277 g/mol. The number of nitrogens with one attached hydrogen (secondary N) is 1. The van der Waals surface area contributed by atoms with Gasteiger partial charge in [-0.05, 0) is 48.2 Å². The molecule has 1 atom stereocenters. The van der Waals surface area contributed by atoms with Gasteiger partial charge in [-0.15, -0.1) is 0 Å². The van der Waals surface area contributed by atoms with E-state index in [1.54, 1.807) is 12.1 Å². The molecule has 1 unspecified atom stereocenters. The molecule has 0 heterocycles. The van der Waals surface area contributed by atoms with Gasteiger partial charge in [-0.2, -0.15) is 5.26 Å². The molecule has 5 heteroatoms. The van der Waals surface area contributed by atoms with E-state index >= 15 is 0 Å². The number of hydrogen-bond acceptors (Lipinski definition) is 2. The molecule has 0 amide bonds. The highest BCUT2D eigenvalue weighted by atomic mass is 19.1. The lowest BCUT2D eigenvalue weighted by Gasteiger charge is -2.17. The molecule has 0 bridgehead atoms. The molecule has 1 N–H and O–H groups in total. The largest absolute Gasteiger partial charge is 0.373 e. The summed E-state index contributed by atoms with van der Waals surface area (Å²) in [6.07, 6.45) is 1.37. The van der Waals surface area contributed by atoms with Gasteiger partial charge in [0, 0.05) is 0 Å². The van der Waals surface area contributed by atoms with Gasteiger partial charge in [-0.3, -0.25) is 0 Å². The maximum atomic E-state index is 13.9. The smallest absolute Gasteiger partial charge is 0.150 e. The van der Waals surface area contributed by atoms with Crippen LogP contribution in [0.2, 0.25) is 0 Å². The average molecular weight is 288 g/mol. The van der Waals surface area contributed by atoms with Crippen molar-refractivity contribution in [3.05, 3.63) is 64.5 Å². The molecule has 0 saturated heterocycles. The molecule has 1 aliphatic rings. The number of nitrogens with zero attached hydrogens (tertiary/aromatic N) is 1. The summed E-state index contributed by atoms with van der Waals surface area (Å²) in [5.74, 6) is -2.02. The second-order valence-corrected chi connectivity index (χ2v) is 5.01. The van der Waals surface area contributed by atoms with Crippen LogP contribution in [0.4, 0.5) is 18.9 Å². The number of benzene rings is 2. The third kappa shape index (κ3) is 2.45. The summed E-state index contributed by atoms with van der Waals surface area (Å²) in [6.45, 7) is 0. The van der Waals surface area contributed by atoms with Crippen molar-refractivity contribution in [3.63, 3.8) is 0 Å². The van der Waals surface area contributed by atoms with Crippen molar-refractivity contribution >= 4 is 5.69 Å². The Labute approximate surface area is 119 Å². The van der Waals surface area contributed by atoms with E-state index in [-0.39, 0.29) is 23.1 Å². The molecule has 0 radical (unpaired) electrons. The highest BCUT2D eigenvalue weighted by molar-refractivity contribution is 5.53. The molecule has 2 aromatic carbocycles. The van der Waals surface area contributed by atoms with E-state index in [1.807, 2.05) is 0 Å². The van der Waals surface area contributed by atoms with Crippen LogP contribution in [-0.2, 0) is 6.42 Å². The first-order valence-electron chi connectivity index (χ1n) is 6.52. The third-order valence-corrected chi connectivity index (χ3v) is 3.68. The number of halogens is 3. The van der Waals surface area contributed by atoms with Gasteiger partial charge in [0.2, 0.25) is 0 Å². The van der Waals surface area contributed by atoms with Gasteiger partial charge in [0.25, 0.3) is 0 Å². The van der Waals surface area contributed by atoms with Crippen LogP contribution in [0.15, 0.2) is 30.3 Å². The molecule has 21 heavy (non-hydrogen) atoms. The van der Waals surface area contributed by atoms with E-state index in [9.17, 15) is 13.2 Å². The molecule has 2 nitrogen and oxygen atoms in total. The molecule has 0 saturated carbocycles. The van der Waals surface area contributed by atoms with Crippen molar-refractivity contribution in [1.29, 1.82) is 5.26 Å². The van der Waals surface area contributed by atoms with E-state index in [0.717, 1.165) is 29.7 Å². The zero-order valence-corrected chi connectivity index (χ0v) is 11.0. The molecule has 3 rings (SSSR count).